The van der Waals surface area contributed by atoms with Crippen molar-refractivity contribution in [1.82, 2.24) is 0 Å². The van der Waals surface area contributed by atoms with Gasteiger partial charge in [0.05, 0.1) is 5.92 Å². The lowest BCUT2D eigenvalue weighted by molar-refractivity contribution is -0.127. The first-order valence-corrected chi connectivity index (χ1v) is 3.49. The van der Waals surface area contributed by atoms with Crippen LogP contribution in [0.3, 0.4) is 0 Å². The molecule has 0 bridgehead atoms. The summed E-state index contributed by atoms with van der Waals surface area (Å²) in [6.07, 6.45) is 0. The van der Waals surface area contributed by atoms with Crippen LogP contribution in [0.4, 0.5) is 0 Å². The Morgan fingerprint density at radius 2 is 1.83 bits per heavy atom. The van der Waals surface area contributed by atoms with Crippen LogP contribution in [0.1, 0.15) is 13.8 Å². The Morgan fingerprint density at radius 3 is 2.00 bits per heavy atom. The number of ketones is 3. The fourth-order valence-corrected chi connectivity index (χ4v) is 1.12. The van der Waals surface area contributed by atoms with Crippen molar-refractivity contribution in [2.45, 2.75) is 13.8 Å². The zero-order chi connectivity index (χ0) is 9.46. The average Bonchev–Trinajstić information content (AvgIpc) is 2.16. The molecule has 64 valence electrons. The molecule has 0 radical (unpaired) electrons. The van der Waals surface area contributed by atoms with E-state index in [9.17, 15) is 14.4 Å². The molecule has 0 aromatic carbocycles. The molecule has 0 fully saturated rings. The molecule has 1 atom stereocenters. The van der Waals surface area contributed by atoms with Crippen LogP contribution in [0.25, 0.3) is 0 Å². The van der Waals surface area contributed by atoms with E-state index in [0.29, 0.717) is 0 Å². The normalized spacial score (nSPS) is 23.7. The largest absolute Gasteiger partial charge is 0.504 e. The Morgan fingerprint density at radius 1 is 1.33 bits per heavy atom. The topological polar surface area (TPSA) is 71.4 Å². The summed E-state index contributed by atoms with van der Waals surface area (Å²) in [5.41, 5.74) is -0.354. The molecule has 4 nitrogen and oxygen atoms in total. The van der Waals surface area contributed by atoms with Gasteiger partial charge in [-0.15, -0.1) is 0 Å². The highest BCUT2D eigenvalue weighted by molar-refractivity contribution is 6.34. The fraction of sp³-hybridized carbons (Fsp3) is 0.375. The van der Waals surface area contributed by atoms with Gasteiger partial charge in [-0.25, -0.2) is 0 Å². The Balaban J connectivity index is 3.22. The molecule has 0 saturated carbocycles. The number of allylic oxidation sites excluding steroid dienone is 2. The van der Waals surface area contributed by atoms with Crippen LogP contribution >= 0.6 is 0 Å². The fourth-order valence-electron chi connectivity index (χ4n) is 1.12. The maximum Gasteiger partial charge on any atom is 0.208 e. The van der Waals surface area contributed by atoms with Crippen LogP contribution in [0.5, 0.6) is 0 Å². The molecule has 0 aliphatic heterocycles. The number of hydrogen-bond donors (Lipinski definition) is 1. The molecular formula is C8H8O4. The number of Topliss-reactive ketones (excluding diaryl/α,β-unsaturated/α-hetero) is 3. The molecule has 0 spiro atoms. The highest BCUT2D eigenvalue weighted by atomic mass is 16.3. The second-order valence-electron chi connectivity index (χ2n) is 2.73. The SMILES string of the molecule is CC(=O)C1=C(O)C(=O)C(C)C1=O. The van der Waals surface area contributed by atoms with E-state index >= 15 is 0 Å². The van der Waals surface area contributed by atoms with Crippen LogP contribution in [-0.4, -0.2) is 22.5 Å². The van der Waals surface area contributed by atoms with Crippen LogP contribution in [0.15, 0.2) is 11.3 Å². The molecule has 1 rings (SSSR count). The van der Waals surface area contributed by atoms with Gasteiger partial charge < -0.3 is 5.11 Å². The van der Waals surface area contributed by atoms with Gasteiger partial charge in [0.1, 0.15) is 5.57 Å². The molecule has 1 unspecified atom stereocenters. The minimum absolute atomic E-state index is 0.354. The monoisotopic (exact) mass is 168 g/mol. The van der Waals surface area contributed by atoms with Crippen molar-refractivity contribution in [3.8, 4) is 0 Å². The Hall–Kier alpha value is -1.45. The maximum atomic E-state index is 11.1. The van der Waals surface area contributed by atoms with Gasteiger partial charge in [-0.3, -0.25) is 14.4 Å². The Kier molecular flexibility index (Phi) is 1.84. The predicted octanol–water partition coefficient (Wildman–Crippen LogP) is 0.175. The summed E-state index contributed by atoms with van der Waals surface area (Å²) in [7, 11) is 0. The molecule has 0 heterocycles. The van der Waals surface area contributed by atoms with Gasteiger partial charge in [0.15, 0.2) is 17.3 Å². The number of aliphatic hydroxyl groups is 1. The van der Waals surface area contributed by atoms with E-state index < -0.39 is 29.0 Å². The zero-order valence-corrected chi connectivity index (χ0v) is 6.75. The van der Waals surface area contributed by atoms with E-state index in [1.807, 2.05) is 0 Å². The minimum atomic E-state index is -0.899. The molecule has 1 N–H and O–H groups in total. The van der Waals surface area contributed by atoms with Crippen LogP contribution < -0.4 is 0 Å². The minimum Gasteiger partial charge on any atom is -0.504 e. The first-order valence-electron chi connectivity index (χ1n) is 3.49. The van der Waals surface area contributed by atoms with Crippen molar-refractivity contribution in [3.63, 3.8) is 0 Å². The highest BCUT2D eigenvalue weighted by Gasteiger charge is 2.39. The quantitative estimate of drug-likeness (QED) is 0.447. The van der Waals surface area contributed by atoms with Gasteiger partial charge in [-0.1, -0.05) is 0 Å². The molecular weight excluding hydrogens is 160 g/mol. The van der Waals surface area contributed by atoms with Gasteiger partial charge >= 0.3 is 0 Å². The lowest BCUT2D eigenvalue weighted by Gasteiger charge is -1.94. The number of hydrogen-bond acceptors (Lipinski definition) is 4. The smallest absolute Gasteiger partial charge is 0.208 e. The number of carbonyl (C=O) groups excluding carboxylic acids is 3. The molecule has 0 amide bonds. The molecule has 4 heteroatoms. The van der Waals surface area contributed by atoms with Crippen LogP contribution in [0.2, 0.25) is 0 Å². The standard InChI is InChI=1S/C8H8O4/c1-3-6(10)5(4(2)9)8(12)7(3)11/h3,12H,1-2H3. The zero-order valence-electron chi connectivity index (χ0n) is 6.75. The molecule has 0 aromatic heterocycles. The van der Waals surface area contributed by atoms with Crippen molar-refractivity contribution < 1.29 is 19.5 Å². The molecule has 12 heavy (non-hydrogen) atoms. The lowest BCUT2D eigenvalue weighted by atomic mass is 10.0. The van der Waals surface area contributed by atoms with Gasteiger partial charge in [0.2, 0.25) is 5.78 Å². The number of aliphatic hydroxyl groups excluding tert-OH is 1. The van der Waals surface area contributed by atoms with Gasteiger partial charge in [0, 0.05) is 0 Å². The van der Waals surface area contributed by atoms with Crippen LogP contribution in [-0.2, 0) is 14.4 Å². The third-order valence-electron chi connectivity index (χ3n) is 1.86. The summed E-state index contributed by atoms with van der Waals surface area (Å²) in [5.74, 6) is -3.38. The number of rotatable bonds is 1. The van der Waals surface area contributed by atoms with E-state index in [1.54, 1.807) is 0 Å². The van der Waals surface area contributed by atoms with Gasteiger partial charge in [0.25, 0.3) is 0 Å². The number of carbonyl (C=O) groups is 3. The average molecular weight is 168 g/mol. The van der Waals surface area contributed by atoms with Crippen molar-refractivity contribution in [2.24, 2.45) is 5.92 Å². The first-order chi connectivity index (χ1) is 5.46. The van der Waals surface area contributed by atoms with Gasteiger partial charge in [-0.2, -0.15) is 0 Å². The van der Waals surface area contributed by atoms with Gasteiger partial charge in [-0.05, 0) is 13.8 Å². The summed E-state index contributed by atoms with van der Waals surface area (Å²) >= 11 is 0. The second-order valence-corrected chi connectivity index (χ2v) is 2.73. The molecule has 0 aromatic rings. The predicted molar refractivity (Wildman–Crippen MR) is 39.5 cm³/mol. The molecule has 1 aliphatic carbocycles. The maximum absolute atomic E-state index is 11.1. The van der Waals surface area contributed by atoms with Crippen molar-refractivity contribution >= 4 is 17.3 Å². The van der Waals surface area contributed by atoms with Crippen LogP contribution in [0, 0.1) is 5.92 Å². The van der Waals surface area contributed by atoms with Crippen molar-refractivity contribution in [3.05, 3.63) is 11.3 Å². The van der Waals surface area contributed by atoms with E-state index in [0.717, 1.165) is 6.92 Å². The van der Waals surface area contributed by atoms with E-state index in [1.165, 1.54) is 6.92 Å². The third kappa shape index (κ3) is 0.958. The Bertz CT molecular complexity index is 311. The van der Waals surface area contributed by atoms with E-state index in [4.69, 9.17) is 5.11 Å². The van der Waals surface area contributed by atoms with Crippen molar-refractivity contribution in [1.29, 1.82) is 0 Å². The third-order valence-corrected chi connectivity index (χ3v) is 1.86. The Labute approximate surface area is 68.9 Å². The molecule has 0 saturated heterocycles. The van der Waals surface area contributed by atoms with Crippen molar-refractivity contribution in [2.75, 3.05) is 0 Å². The summed E-state index contributed by atoms with van der Waals surface area (Å²) in [5, 5.41) is 9.06. The van der Waals surface area contributed by atoms with E-state index in [2.05, 4.69) is 0 Å². The molecule has 1 aliphatic rings. The summed E-state index contributed by atoms with van der Waals surface area (Å²) < 4.78 is 0. The summed E-state index contributed by atoms with van der Waals surface area (Å²) in [4.78, 5) is 32.8. The second kappa shape index (κ2) is 2.55. The summed E-state index contributed by atoms with van der Waals surface area (Å²) in [6.45, 7) is 2.52. The van der Waals surface area contributed by atoms with E-state index in [-0.39, 0.29) is 5.57 Å². The first kappa shape index (κ1) is 8.64. The lowest BCUT2D eigenvalue weighted by Crippen LogP contribution is -2.15. The highest BCUT2D eigenvalue weighted by Crippen LogP contribution is 2.23. The summed E-state index contributed by atoms with van der Waals surface area (Å²) in [6, 6.07) is 0.